The highest BCUT2D eigenvalue weighted by molar-refractivity contribution is 5.78. The molecule has 0 atom stereocenters. The Labute approximate surface area is 126 Å². The molecule has 0 aliphatic rings. The molecule has 0 bridgehead atoms. The molecule has 3 nitrogen and oxygen atoms in total. The van der Waals surface area contributed by atoms with E-state index in [1.54, 1.807) is 0 Å². The van der Waals surface area contributed by atoms with Crippen LogP contribution in [0.15, 0.2) is 33.1 Å². The average Bonchev–Trinajstić information content (AvgIpc) is 3.16. The van der Waals surface area contributed by atoms with Crippen LogP contribution in [0.5, 0.6) is 0 Å². The summed E-state index contributed by atoms with van der Waals surface area (Å²) in [7, 11) is 0. The second-order valence-electron chi connectivity index (χ2n) is 5.30. The van der Waals surface area contributed by atoms with E-state index in [0.29, 0.717) is 12.8 Å². The molecule has 0 amide bonds. The Morgan fingerprint density at radius 3 is 1.86 bits per heavy atom. The van der Waals surface area contributed by atoms with Gasteiger partial charge in [0.05, 0.1) is 5.92 Å². The van der Waals surface area contributed by atoms with Crippen molar-refractivity contribution in [3.8, 4) is 0 Å². The van der Waals surface area contributed by atoms with Gasteiger partial charge in [-0.05, 0) is 30.7 Å². The third-order valence-electron chi connectivity index (χ3n) is 3.85. The second kappa shape index (κ2) is 7.30. The predicted molar refractivity (Wildman–Crippen MR) is 82.5 cm³/mol. The molecule has 3 heteroatoms. The molecule has 2 heterocycles. The molecule has 0 spiro atoms. The summed E-state index contributed by atoms with van der Waals surface area (Å²) in [5, 5.41) is 0. The van der Waals surface area contributed by atoms with Gasteiger partial charge in [0.2, 0.25) is 0 Å². The molecule has 0 aliphatic carbocycles. The van der Waals surface area contributed by atoms with E-state index in [-0.39, 0.29) is 11.7 Å². The van der Waals surface area contributed by atoms with Crippen LogP contribution in [0.3, 0.4) is 0 Å². The maximum Gasteiger partial charge on any atom is 0.132 e. The van der Waals surface area contributed by atoms with Crippen LogP contribution >= 0.6 is 0 Å². The largest absolute Gasteiger partial charge is 0.465 e. The first-order valence-corrected chi connectivity index (χ1v) is 7.86. The number of ketones is 1. The summed E-state index contributed by atoms with van der Waals surface area (Å²) < 4.78 is 11.8. The Balaban J connectivity index is 2.22. The minimum Gasteiger partial charge on any atom is -0.465 e. The van der Waals surface area contributed by atoms with Crippen molar-refractivity contribution < 1.29 is 13.6 Å². The zero-order valence-electron chi connectivity index (χ0n) is 13.1. The monoisotopic (exact) mass is 288 g/mol. The molecule has 0 unspecified atom stereocenters. The first-order chi connectivity index (χ1) is 10.2. The van der Waals surface area contributed by atoms with Crippen LogP contribution in [0, 0.1) is 0 Å². The van der Waals surface area contributed by atoms with Gasteiger partial charge in [0.1, 0.15) is 28.8 Å². The van der Waals surface area contributed by atoms with Crippen LogP contribution < -0.4 is 0 Å². The first kappa shape index (κ1) is 15.6. The van der Waals surface area contributed by atoms with E-state index in [9.17, 15) is 4.79 Å². The number of Topliss-reactive ketones (excluding diaryl/α,β-unsaturated/α-hetero) is 1. The summed E-state index contributed by atoms with van der Waals surface area (Å²) in [5.41, 5.74) is 0. The van der Waals surface area contributed by atoms with Gasteiger partial charge in [-0.15, -0.1) is 0 Å². The fraction of sp³-hybridized carbons (Fsp3) is 0.500. The molecular weight excluding hydrogens is 264 g/mol. The minimum absolute atomic E-state index is 0.0288. The minimum atomic E-state index is 0.0288. The molecule has 2 rings (SSSR count). The molecule has 21 heavy (non-hydrogen) atoms. The van der Waals surface area contributed by atoms with Crippen LogP contribution in [0.2, 0.25) is 0 Å². The molecule has 0 saturated carbocycles. The van der Waals surface area contributed by atoms with Crippen molar-refractivity contribution in [2.75, 3.05) is 0 Å². The van der Waals surface area contributed by atoms with Gasteiger partial charge in [0.25, 0.3) is 0 Å². The van der Waals surface area contributed by atoms with Gasteiger partial charge in [-0.2, -0.15) is 0 Å². The molecule has 0 N–H and O–H groups in total. The fourth-order valence-corrected chi connectivity index (χ4v) is 2.45. The van der Waals surface area contributed by atoms with E-state index in [0.717, 1.165) is 42.3 Å². The van der Waals surface area contributed by atoms with Gasteiger partial charge in [-0.1, -0.05) is 20.8 Å². The summed E-state index contributed by atoms with van der Waals surface area (Å²) in [6, 6.07) is 8.03. The van der Waals surface area contributed by atoms with Crippen LogP contribution in [0.25, 0.3) is 0 Å². The quantitative estimate of drug-likeness (QED) is 0.694. The third kappa shape index (κ3) is 3.87. The zero-order valence-corrected chi connectivity index (χ0v) is 13.1. The number of carbonyl (C=O) groups is 1. The summed E-state index contributed by atoms with van der Waals surface area (Å²) >= 11 is 0. The molecule has 0 fully saturated rings. The number of aryl methyl sites for hydroxylation is 2. The Hall–Kier alpha value is -1.77. The second-order valence-corrected chi connectivity index (χ2v) is 5.30. The van der Waals surface area contributed by atoms with Crippen LogP contribution in [0.4, 0.5) is 0 Å². The maximum atomic E-state index is 11.6. The summed E-state index contributed by atoms with van der Waals surface area (Å²) in [5.74, 6) is 4.05. The fourth-order valence-electron chi connectivity index (χ4n) is 2.45. The maximum absolute atomic E-state index is 11.6. The summed E-state index contributed by atoms with van der Waals surface area (Å²) in [6.45, 7) is 6.04. The summed E-state index contributed by atoms with van der Waals surface area (Å²) in [6.07, 6.45) is 3.63. The Bertz CT molecular complexity index is 535. The normalized spacial score (nSPS) is 11.2. The van der Waals surface area contributed by atoms with Crippen molar-refractivity contribution in [2.24, 2.45) is 0 Å². The van der Waals surface area contributed by atoms with Crippen LogP contribution in [0.1, 0.15) is 69.0 Å². The molecule has 2 aromatic heterocycles. The van der Waals surface area contributed by atoms with Gasteiger partial charge in [0.15, 0.2) is 0 Å². The SMILES string of the molecule is CCC(=O)CCC(c1ccc(CC)o1)c1ccc(CC)o1. The molecular formula is C18H24O3. The lowest BCUT2D eigenvalue weighted by Gasteiger charge is -2.11. The predicted octanol–water partition coefficient (Wildman–Crippen LogP) is 4.89. The molecule has 0 radical (unpaired) electrons. The molecule has 114 valence electrons. The van der Waals surface area contributed by atoms with Gasteiger partial charge >= 0.3 is 0 Å². The van der Waals surface area contributed by atoms with E-state index in [1.165, 1.54) is 0 Å². The van der Waals surface area contributed by atoms with Crippen molar-refractivity contribution in [1.82, 2.24) is 0 Å². The molecule has 0 aliphatic heterocycles. The number of hydrogen-bond donors (Lipinski definition) is 0. The lowest BCUT2D eigenvalue weighted by atomic mass is 9.96. The molecule has 0 saturated heterocycles. The number of hydrogen-bond acceptors (Lipinski definition) is 3. The number of carbonyl (C=O) groups excluding carboxylic acids is 1. The standard InChI is InChI=1S/C18H24O3/c1-4-13(19)7-10-16(17-11-8-14(5-2)20-17)18-12-9-15(6-3)21-18/h8-9,11-12,16H,4-7,10H2,1-3H3. The average molecular weight is 288 g/mol. The first-order valence-electron chi connectivity index (χ1n) is 7.86. The van der Waals surface area contributed by atoms with Gasteiger partial charge in [0, 0.05) is 25.7 Å². The smallest absolute Gasteiger partial charge is 0.132 e. The van der Waals surface area contributed by atoms with E-state index in [4.69, 9.17) is 8.83 Å². The summed E-state index contributed by atoms with van der Waals surface area (Å²) in [4.78, 5) is 11.6. The van der Waals surface area contributed by atoms with Crippen LogP contribution in [-0.2, 0) is 17.6 Å². The zero-order chi connectivity index (χ0) is 15.2. The van der Waals surface area contributed by atoms with Crippen molar-refractivity contribution in [2.45, 2.75) is 58.8 Å². The topological polar surface area (TPSA) is 43.4 Å². The van der Waals surface area contributed by atoms with Crippen molar-refractivity contribution in [3.63, 3.8) is 0 Å². The highest BCUT2D eigenvalue weighted by Gasteiger charge is 2.22. The van der Waals surface area contributed by atoms with Crippen molar-refractivity contribution in [3.05, 3.63) is 47.3 Å². The van der Waals surface area contributed by atoms with E-state index >= 15 is 0 Å². The Morgan fingerprint density at radius 2 is 1.48 bits per heavy atom. The van der Waals surface area contributed by atoms with E-state index < -0.39 is 0 Å². The third-order valence-corrected chi connectivity index (χ3v) is 3.85. The molecule has 0 aromatic carbocycles. The van der Waals surface area contributed by atoms with Crippen LogP contribution in [-0.4, -0.2) is 5.78 Å². The lowest BCUT2D eigenvalue weighted by Crippen LogP contribution is -2.03. The number of rotatable bonds is 8. The Kier molecular flexibility index (Phi) is 5.43. The van der Waals surface area contributed by atoms with Gasteiger partial charge in [-0.25, -0.2) is 0 Å². The highest BCUT2D eigenvalue weighted by atomic mass is 16.4. The highest BCUT2D eigenvalue weighted by Crippen LogP contribution is 2.32. The van der Waals surface area contributed by atoms with E-state index in [2.05, 4.69) is 13.8 Å². The van der Waals surface area contributed by atoms with Gasteiger partial charge in [-0.3, -0.25) is 4.79 Å². The lowest BCUT2D eigenvalue weighted by molar-refractivity contribution is -0.118. The van der Waals surface area contributed by atoms with Crippen molar-refractivity contribution in [1.29, 1.82) is 0 Å². The molecule has 2 aromatic rings. The Morgan fingerprint density at radius 1 is 0.952 bits per heavy atom. The number of furan rings is 2. The van der Waals surface area contributed by atoms with E-state index in [1.807, 2.05) is 31.2 Å². The van der Waals surface area contributed by atoms with Gasteiger partial charge < -0.3 is 8.83 Å². The van der Waals surface area contributed by atoms with Crippen molar-refractivity contribution >= 4 is 5.78 Å².